The molecule has 1 fully saturated rings. The summed E-state index contributed by atoms with van der Waals surface area (Å²) >= 11 is 3.39. The standard InChI is InChI=1S/C14H15BrN2O2/c15-11-6-10(9-18)14(16-7-11)17(12-3-4-12)8-13-2-1-5-19-13/h1-2,5-7,12,18H,3-4,8-9H2. The highest BCUT2D eigenvalue weighted by Crippen LogP contribution is 2.34. The van der Waals surface area contributed by atoms with E-state index in [9.17, 15) is 5.11 Å². The van der Waals surface area contributed by atoms with Crippen molar-refractivity contribution in [3.63, 3.8) is 0 Å². The van der Waals surface area contributed by atoms with Gasteiger partial charge in [0.05, 0.1) is 19.4 Å². The third-order valence-electron chi connectivity index (χ3n) is 3.25. The van der Waals surface area contributed by atoms with Crippen LogP contribution < -0.4 is 4.90 Å². The first-order chi connectivity index (χ1) is 9.28. The summed E-state index contributed by atoms with van der Waals surface area (Å²) in [6.45, 7) is 0.683. The van der Waals surface area contributed by atoms with E-state index < -0.39 is 0 Å². The number of furan rings is 1. The number of hydrogen-bond donors (Lipinski definition) is 1. The van der Waals surface area contributed by atoms with E-state index in [-0.39, 0.29) is 6.61 Å². The summed E-state index contributed by atoms with van der Waals surface area (Å²) in [6.07, 6.45) is 5.79. The molecule has 0 atom stereocenters. The fraction of sp³-hybridized carbons (Fsp3) is 0.357. The Hall–Kier alpha value is -1.33. The summed E-state index contributed by atoms with van der Waals surface area (Å²) in [5.41, 5.74) is 0.841. The third-order valence-corrected chi connectivity index (χ3v) is 3.68. The van der Waals surface area contributed by atoms with Crippen LogP contribution in [0.3, 0.4) is 0 Å². The molecular weight excluding hydrogens is 308 g/mol. The van der Waals surface area contributed by atoms with Crippen molar-refractivity contribution in [2.75, 3.05) is 4.90 Å². The van der Waals surface area contributed by atoms with Crippen molar-refractivity contribution in [2.45, 2.75) is 32.0 Å². The Bertz CT molecular complexity index is 553. The number of anilines is 1. The highest BCUT2D eigenvalue weighted by molar-refractivity contribution is 9.10. The summed E-state index contributed by atoms with van der Waals surface area (Å²) in [4.78, 5) is 6.69. The van der Waals surface area contributed by atoms with Crippen molar-refractivity contribution in [2.24, 2.45) is 0 Å². The van der Waals surface area contributed by atoms with E-state index in [0.29, 0.717) is 12.6 Å². The molecule has 0 saturated heterocycles. The van der Waals surface area contributed by atoms with Crippen LogP contribution in [0.25, 0.3) is 0 Å². The maximum Gasteiger partial charge on any atom is 0.134 e. The quantitative estimate of drug-likeness (QED) is 0.919. The van der Waals surface area contributed by atoms with Crippen LogP contribution in [-0.4, -0.2) is 16.1 Å². The molecule has 2 aromatic rings. The van der Waals surface area contributed by atoms with Crippen molar-refractivity contribution in [1.29, 1.82) is 0 Å². The number of hydrogen-bond acceptors (Lipinski definition) is 4. The number of nitrogens with zero attached hydrogens (tertiary/aromatic N) is 2. The zero-order valence-corrected chi connectivity index (χ0v) is 12.0. The zero-order chi connectivity index (χ0) is 13.2. The monoisotopic (exact) mass is 322 g/mol. The van der Waals surface area contributed by atoms with Gasteiger partial charge in [-0.05, 0) is 47.0 Å². The Kier molecular flexibility index (Phi) is 3.57. The molecule has 1 aliphatic carbocycles. The maximum absolute atomic E-state index is 9.51. The van der Waals surface area contributed by atoms with Gasteiger partial charge < -0.3 is 14.4 Å². The first kappa shape index (κ1) is 12.7. The van der Waals surface area contributed by atoms with Crippen LogP contribution >= 0.6 is 15.9 Å². The molecule has 0 spiro atoms. The molecule has 0 amide bonds. The normalized spacial score (nSPS) is 14.6. The van der Waals surface area contributed by atoms with Gasteiger partial charge >= 0.3 is 0 Å². The molecule has 0 aliphatic heterocycles. The van der Waals surface area contributed by atoms with E-state index in [2.05, 4.69) is 25.8 Å². The van der Waals surface area contributed by atoms with Crippen LogP contribution in [0.15, 0.2) is 39.5 Å². The smallest absolute Gasteiger partial charge is 0.134 e. The van der Waals surface area contributed by atoms with E-state index >= 15 is 0 Å². The fourth-order valence-electron chi connectivity index (χ4n) is 2.18. The number of aliphatic hydroxyl groups is 1. The van der Waals surface area contributed by atoms with Crippen LogP contribution in [0, 0.1) is 0 Å². The molecule has 100 valence electrons. The van der Waals surface area contributed by atoms with Crippen molar-refractivity contribution >= 4 is 21.7 Å². The highest BCUT2D eigenvalue weighted by atomic mass is 79.9. The molecule has 3 rings (SSSR count). The van der Waals surface area contributed by atoms with Gasteiger partial charge in [0, 0.05) is 22.3 Å². The Morgan fingerprint density at radius 2 is 2.32 bits per heavy atom. The second-order valence-corrected chi connectivity index (χ2v) is 5.65. The molecule has 0 unspecified atom stereocenters. The summed E-state index contributed by atoms with van der Waals surface area (Å²) in [5.74, 6) is 1.77. The number of halogens is 1. The minimum Gasteiger partial charge on any atom is -0.467 e. The number of pyridine rings is 1. The Morgan fingerprint density at radius 3 is 2.95 bits per heavy atom. The van der Waals surface area contributed by atoms with Crippen LogP contribution in [0.5, 0.6) is 0 Å². The van der Waals surface area contributed by atoms with Gasteiger partial charge in [-0.2, -0.15) is 0 Å². The molecule has 19 heavy (non-hydrogen) atoms. The lowest BCUT2D eigenvalue weighted by atomic mass is 10.2. The van der Waals surface area contributed by atoms with Gasteiger partial charge in [0.2, 0.25) is 0 Å². The highest BCUT2D eigenvalue weighted by Gasteiger charge is 2.31. The lowest BCUT2D eigenvalue weighted by molar-refractivity contribution is 0.281. The maximum atomic E-state index is 9.51. The molecule has 2 heterocycles. The summed E-state index contributed by atoms with van der Waals surface area (Å²) < 4.78 is 6.30. The SMILES string of the molecule is OCc1cc(Br)cnc1N(Cc1ccco1)C1CC1. The van der Waals surface area contributed by atoms with Gasteiger partial charge in [0.1, 0.15) is 11.6 Å². The minimum atomic E-state index is -0.0108. The summed E-state index contributed by atoms with van der Waals surface area (Å²) in [5, 5.41) is 9.51. The van der Waals surface area contributed by atoms with Crippen molar-refractivity contribution in [3.05, 3.63) is 46.5 Å². The zero-order valence-electron chi connectivity index (χ0n) is 10.4. The third kappa shape index (κ3) is 2.82. The van der Waals surface area contributed by atoms with Gasteiger partial charge in [-0.25, -0.2) is 4.98 Å². The van der Waals surface area contributed by atoms with Crippen molar-refractivity contribution < 1.29 is 9.52 Å². The van der Waals surface area contributed by atoms with E-state index in [4.69, 9.17) is 4.42 Å². The average Bonchev–Trinajstić information content (AvgIpc) is 3.13. The predicted octanol–water partition coefficient (Wildman–Crippen LogP) is 3.10. The van der Waals surface area contributed by atoms with Crippen molar-refractivity contribution in [1.82, 2.24) is 4.98 Å². The molecule has 0 bridgehead atoms. The Morgan fingerprint density at radius 1 is 1.47 bits per heavy atom. The second-order valence-electron chi connectivity index (χ2n) is 4.73. The molecule has 2 aromatic heterocycles. The second kappa shape index (κ2) is 5.35. The Labute approximate surface area is 120 Å². The average molecular weight is 323 g/mol. The molecule has 0 aromatic carbocycles. The van der Waals surface area contributed by atoms with E-state index in [1.54, 1.807) is 12.5 Å². The molecule has 5 heteroatoms. The summed E-state index contributed by atoms with van der Waals surface area (Å²) in [6, 6.07) is 6.28. The van der Waals surface area contributed by atoms with Crippen LogP contribution in [0.1, 0.15) is 24.2 Å². The molecule has 1 aliphatic rings. The van der Waals surface area contributed by atoms with Gasteiger partial charge in [0.15, 0.2) is 0 Å². The lowest BCUT2D eigenvalue weighted by Crippen LogP contribution is -2.27. The minimum absolute atomic E-state index is 0.0108. The number of aliphatic hydroxyl groups excluding tert-OH is 1. The van der Waals surface area contributed by atoms with Gasteiger partial charge in [-0.1, -0.05) is 0 Å². The fourth-order valence-corrected chi connectivity index (χ4v) is 2.56. The first-order valence-corrected chi connectivity index (χ1v) is 7.11. The van der Waals surface area contributed by atoms with E-state index in [0.717, 1.165) is 21.6 Å². The summed E-state index contributed by atoms with van der Waals surface area (Å²) in [7, 11) is 0. The molecule has 1 N–H and O–H groups in total. The van der Waals surface area contributed by atoms with Gasteiger partial charge in [-0.3, -0.25) is 0 Å². The number of rotatable bonds is 5. The van der Waals surface area contributed by atoms with Crippen LogP contribution in [-0.2, 0) is 13.2 Å². The van der Waals surface area contributed by atoms with E-state index in [1.807, 2.05) is 18.2 Å². The van der Waals surface area contributed by atoms with Crippen molar-refractivity contribution in [3.8, 4) is 0 Å². The lowest BCUT2D eigenvalue weighted by Gasteiger charge is -2.24. The van der Waals surface area contributed by atoms with E-state index in [1.165, 1.54) is 12.8 Å². The van der Waals surface area contributed by atoms with Gasteiger partial charge in [-0.15, -0.1) is 0 Å². The van der Waals surface area contributed by atoms with Gasteiger partial charge in [0.25, 0.3) is 0 Å². The largest absolute Gasteiger partial charge is 0.467 e. The number of aromatic nitrogens is 1. The molecule has 4 nitrogen and oxygen atoms in total. The molecular formula is C14H15BrN2O2. The van der Waals surface area contributed by atoms with Crippen LogP contribution in [0.2, 0.25) is 0 Å². The van der Waals surface area contributed by atoms with Crippen LogP contribution in [0.4, 0.5) is 5.82 Å². The molecule has 0 radical (unpaired) electrons. The molecule has 1 saturated carbocycles. The first-order valence-electron chi connectivity index (χ1n) is 6.32. The Balaban J connectivity index is 1.91. The topological polar surface area (TPSA) is 49.5 Å². The predicted molar refractivity (Wildman–Crippen MR) is 75.8 cm³/mol.